The fourth-order valence-corrected chi connectivity index (χ4v) is 3.38. The molecule has 3 aromatic rings. The Labute approximate surface area is 151 Å². The van der Waals surface area contributed by atoms with Crippen LogP contribution in [0.2, 0.25) is 0 Å². The van der Waals surface area contributed by atoms with E-state index in [1.54, 1.807) is 17.1 Å². The molecule has 0 radical (unpaired) electrons. The number of amides is 1. The fourth-order valence-electron chi connectivity index (χ4n) is 3.38. The lowest BCUT2D eigenvalue weighted by Crippen LogP contribution is -2.24. The summed E-state index contributed by atoms with van der Waals surface area (Å²) in [5.74, 6) is 1.24. The van der Waals surface area contributed by atoms with Gasteiger partial charge in [-0.15, -0.1) is 0 Å². The summed E-state index contributed by atoms with van der Waals surface area (Å²) in [4.78, 5) is 20.9. The van der Waals surface area contributed by atoms with Gasteiger partial charge in [0.1, 0.15) is 5.82 Å². The molecule has 4 rings (SSSR count). The summed E-state index contributed by atoms with van der Waals surface area (Å²) >= 11 is 0. The minimum Gasteiger partial charge on any atom is -0.350 e. The van der Waals surface area contributed by atoms with E-state index in [1.807, 2.05) is 32.2 Å². The van der Waals surface area contributed by atoms with Crippen LogP contribution in [-0.2, 0) is 18.4 Å². The second-order valence-electron chi connectivity index (χ2n) is 6.46. The molecular formula is C19H20N6O. The molecule has 0 aliphatic carbocycles. The van der Waals surface area contributed by atoms with E-state index >= 15 is 0 Å². The van der Waals surface area contributed by atoms with Crippen LogP contribution in [0.1, 0.15) is 34.7 Å². The van der Waals surface area contributed by atoms with Gasteiger partial charge in [0.15, 0.2) is 0 Å². The Hall–Kier alpha value is -3.22. The van der Waals surface area contributed by atoms with Crippen LogP contribution >= 0.6 is 0 Å². The standard InChI is InChI=1S/C19H20N6O/c1-12-17-15(8-16(26)23-18(17)25(2)24-12)14-10-21-19(22-11-14)20-9-13-6-4-3-5-7-13/h3-7,10-11,15H,8-9H2,1-2H3,(H,23,26)(H,20,21,22). The fraction of sp³-hybridized carbons (Fsp3) is 0.263. The van der Waals surface area contributed by atoms with Gasteiger partial charge < -0.3 is 10.6 Å². The number of benzene rings is 1. The van der Waals surface area contributed by atoms with Gasteiger partial charge in [-0.05, 0) is 18.1 Å². The molecule has 132 valence electrons. The van der Waals surface area contributed by atoms with Crippen molar-refractivity contribution in [3.8, 4) is 0 Å². The second kappa shape index (κ2) is 6.59. The van der Waals surface area contributed by atoms with Crippen LogP contribution in [-0.4, -0.2) is 25.7 Å². The van der Waals surface area contributed by atoms with E-state index < -0.39 is 0 Å². The second-order valence-corrected chi connectivity index (χ2v) is 6.46. The summed E-state index contributed by atoms with van der Waals surface area (Å²) in [7, 11) is 1.83. The Kier molecular flexibility index (Phi) is 4.12. The molecule has 0 saturated heterocycles. The molecule has 1 amide bonds. The molecule has 7 nitrogen and oxygen atoms in total. The number of nitrogens with one attached hydrogen (secondary N) is 2. The van der Waals surface area contributed by atoms with Gasteiger partial charge in [-0.25, -0.2) is 9.97 Å². The van der Waals surface area contributed by atoms with E-state index in [9.17, 15) is 4.79 Å². The van der Waals surface area contributed by atoms with Crippen molar-refractivity contribution in [2.75, 3.05) is 10.6 Å². The van der Waals surface area contributed by atoms with E-state index in [0.717, 1.165) is 22.6 Å². The Morgan fingerprint density at radius 3 is 2.69 bits per heavy atom. The van der Waals surface area contributed by atoms with Crippen molar-refractivity contribution in [2.45, 2.75) is 25.8 Å². The summed E-state index contributed by atoms with van der Waals surface area (Å²) in [6, 6.07) is 10.1. The van der Waals surface area contributed by atoms with Crippen LogP contribution < -0.4 is 10.6 Å². The van der Waals surface area contributed by atoms with Crippen LogP contribution in [0, 0.1) is 6.92 Å². The summed E-state index contributed by atoms with van der Waals surface area (Å²) in [6.07, 6.45) is 3.96. The SMILES string of the molecule is Cc1nn(C)c2c1C(c1cnc(NCc3ccccc3)nc1)CC(=O)N2. The average molecular weight is 348 g/mol. The maximum Gasteiger partial charge on any atom is 0.226 e. The van der Waals surface area contributed by atoms with Crippen molar-refractivity contribution in [3.05, 3.63) is 65.1 Å². The molecule has 1 atom stereocenters. The summed E-state index contributed by atoms with van der Waals surface area (Å²) in [5.41, 5.74) is 4.04. The monoisotopic (exact) mass is 348 g/mol. The molecule has 0 spiro atoms. The Morgan fingerprint density at radius 2 is 1.96 bits per heavy atom. The van der Waals surface area contributed by atoms with Crippen LogP contribution in [0.3, 0.4) is 0 Å². The van der Waals surface area contributed by atoms with Crippen molar-refractivity contribution in [2.24, 2.45) is 7.05 Å². The van der Waals surface area contributed by atoms with E-state index in [-0.39, 0.29) is 11.8 Å². The third kappa shape index (κ3) is 3.03. The average Bonchev–Trinajstić information content (AvgIpc) is 2.94. The number of hydrogen-bond acceptors (Lipinski definition) is 5. The third-order valence-corrected chi connectivity index (χ3v) is 4.63. The van der Waals surface area contributed by atoms with Crippen LogP contribution in [0.15, 0.2) is 42.7 Å². The number of anilines is 2. The first-order chi connectivity index (χ1) is 12.6. The van der Waals surface area contributed by atoms with Crippen LogP contribution in [0.5, 0.6) is 0 Å². The molecule has 2 N–H and O–H groups in total. The van der Waals surface area contributed by atoms with Gasteiger partial charge in [-0.2, -0.15) is 5.10 Å². The lowest BCUT2D eigenvalue weighted by atomic mass is 9.87. The first kappa shape index (κ1) is 16.3. The van der Waals surface area contributed by atoms with Crippen molar-refractivity contribution in [1.29, 1.82) is 0 Å². The van der Waals surface area contributed by atoms with Gasteiger partial charge in [-0.3, -0.25) is 9.48 Å². The van der Waals surface area contributed by atoms with Gasteiger partial charge in [0.05, 0.1) is 5.69 Å². The first-order valence-corrected chi connectivity index (χ1v) is 8.55. The van der Waals surface area contributed by atoms with E-state index in [2.05, 4.69) is 37.8 Å². The van der Waals surface area contributed by atoms with Gasteiger partial charge in [0.2, 0.25) is 11.9 Å². The molecule has 0 fully saturated rings. The third-order valence-electron chi connectivity index (χ3n) is 4.63. The molecule has 26 heavy (non-hydrogen) atoms. The molecule has 3 heterocycles. The number of aryl methyl sites for hydroxylation is 2. The lowest BCUT2D eigenvalue weighted by molar-refractivity contribution is -0.116. The van der Waals surface area contributed by atoms with Crippen molar-refractivity contribution in [3.63, 3.8) is 0 Å². The van der Waals surface area contributed by atoms with Crippen molar-refractivity contribution in [1.82, 2.24) is 19.7 Å². The zero-order chi connectivity index (χ0) is 18.1. The highest BCUT2D eigenvalue weighted by molar-refractivity contribution is 5.94. The topological polar surface area (TPSA) is 84.7 Å². The number of nitrogens with zero attached hydrogens (tertiary/aromatic N) is 4. The number of rotatable bonds is 4. The van der Waals surface area contributed by atoms with Crippen molar-refractivity contribution < 1.29 is 4.79 Å². The number of hydrogen-bond donors (Lipinski definition) is 2. The first-order valence-electron chi connectivity index (χ1n) is 8.55. The molecule has 1 unspecified atom stereocenters. The highest BCUT2D eigenvalue weighted by atomic mass is 16.1. The Morgan fingerprint density at radius 1 is 1.23 bits per heavy atom. The van der Waals surface area contributed by atoms with E-state index in [4.69, 9.17) is 0 Å². The quantitative estimate of drug-likeness (QED) is 0.757. The number of aromatic nitrogens is 4. The molecule has 0 bridgehead atoms. The summed E-state index contributed by atoms with van der Waals surface area (Å²) < 4.78 is 1.71. The Balaban J connectivity index is 1.55. The summed E-state index contributed by atoms with van der Waals surface area (Å²) in [5, 5.41) is 10.6. The number of carbonyl (C=O) groups is 1. The van der Waals surface area contributed by atoms with Gasteiger partial charge in [-0.1, -0.05) is 30.3 Å². The minimum atomic E-state index is -0.0735. The van der Waals surface area contributed by atoms with Crippen molar-refractivity contribution >= 4 is 17.7 Å². The maximum absolute atomic E-state index is 12.1. The molecule has 2 aromatic heterocycles. The summed E-state index contributed by atoms with van der Waals surface area (Å²) in [6.45, 7) is 2.62. The predicted molar refractivity (Wildman–Crippen MR) is 98.8 cm³/mol. The molecule has 1 aliphatic heterocycles. The molecule has 7 heteroatoms. The van der Waals surface area contributed by atoms with E-state index in [1.165, 1.54) is 5.56 Å². The number of fused-ring (bicyclic) bond motifs is 1. The highest BCUT2D eigenvalue weighted by Crippen LogP contribution is 2.38. The smallest absolute Gasteiger partial charge is 0.226 e. The van der Waals surface area contributed by atoms with Gasteiger partial charge >= 0.3 is 0 Å². The molecule has 0 saturated carbocycles. The van der Waals surface area contributed by atoms with Crippen LogP contribution in [0.4, 0.5) is 11.8 Å². The zero-order valence-corrected chi connectivity index (χ0v) is 14.7. The highest BCUT2D eigenvalue weighted by Gasteiger charge is 2.31. The lowest BCUT2D eigenvalue weighted by Gasteiger charge is -2.23. The molecular weight excluding hydrogens is 328 g/mol. The minimum absolute atomic E-state index is 0.0169. The maximum atomic E-state index is 12.1. The zero-order valence-electron chi connectivity index (χ0n) is 14.7. The number of carbonyl (C=O) groups excluding carboxylic acids is 1. The normalized spacial score (nSPS) is 16.1. The van der Waals surface area contributed by atoms with Gasteiger partial charge in [0.25, 0.3) is 0 Å². The predicted octanol–water partition coefficient (Wildman–Crippen LogP) is 2.60. The van der Waals surface area contributed by atoms with E-state index in [0.29, 0.717) is 18.9 Å². The Bertz CT molecular complexity index is 933. The largest absolute Gasteiger partial charge is 0.350 e. The van der Waals surface area contributed by atoms with Gasteiger partial charge in [0, 0.05) is 43.9 Å². The van der Waals surface area contributed by atoms with Crippen LogP contribution in [0.25, 0.3) is 0 Å². The molecule has 1 aromatic carbocycles. The molecule has 1 aliphatic rings.